The maximum Gasteiger partial charge on any atom is 0.416 e. The van der Waals surface area contributed by atoms with Gasteiger partial charge in [-0.2, -0.15) is 18.4 Å². The molecule has 0 radical (unpaired) electrons. The fourth-order valence-corrected chi connectivity index (χ4v) is 1.22. The number of hydrogen-bond donors (Lipinski definition) is 2. The van der Waals surface area contributed by atoms with E-state index in [9.17, 15) is 18.0 Å². The van der Waals surface area contributed by atoms with Gasteiger partial charge in [0.2, 0.25) is 0 Å². The fraction of sp³-hybridized carbons (Fsp3) is 0.0769. The summed E-state index contributed by atoms with van der Waals surface area (Å²) in [7, 11) is 0. The lowest BCUT2D eigenvalue weighted by Crippen LogP contribution is -2.15. The minimum atomic E-state index is -4.48. The fourth-order valence-electron chi connectivity index (χ4n) is 1.22. The molecule has 0 spiro atoms. The minimum absolute atomic E-state index is 0.0283. The van der Waals surface area contributed by atoms with Crippen molar-refractivity contribution in [1.82, 2.24) is 0 Å². The molecule has 2 N–H and O–H groups in total. The topological polar surface area (TPSA) is 73.1 Å². The highest BCUT2D eigenvalue weighted by Crippen LogP contribution is 2.29. The second-order valence-electron chi connectivity index (χ2n) is 3.51. The summed E-state index contributed by atoms with van der Waals surface area (Å²) in [5.41, 5.74) is -1.55. The Labute approximate surface area is 112 Å². The highest BCUT2D eigenvalue weighted by Gasteiger charge is 2.30. The summed E-state index contributed by atoms with van der Waals surface area (Å²) in [6, 6.07) is 4.98. The third kappa shape index (κ3) is 3.53. The molecule has 4 nitrogen and oxygen atoms in total. The van der Waals surface area contributed by atoms with Gasteiger partial charge in [0.05, 0.1) is 5.56 Å². The van der Waals surface area contributed by atoms with Gasteiger partial charge in [-0.3, -0.25) is 4.79 Å². The Hall–Kier alpha value is -2.93. The van der Waals surface area contributed by atoms with Crippen molar-refractivity contribution in [2.45, 2.75) is 6.18 Å². The van der Waals surface area contributed by atoms with Crippen LogP contribution in [0.2, 0.25) is 0 Å². The van der Waals surface area contributed by atoms with Crippen LogP contribution >= 0.6 is 0 Å². The van der Waals surface area contributed by atoms with E-state index in [1.807, 2.05) is 0 Å². The molecule has 1 rings (SSSR count). The SMILES string of the molecule is C#C/C(O)=C(\C#N)C(=O)Nc1ccc(C(F)(F)F)cc1. The molecular weight excluding hydrogens is 273 g/mol. The quantitative estimate of drug-likeness (QED) is 0.378. The van der Waals surface area contributed by atoms with Crippen molar-refractivity contribution in [3.8, 4) is 18.4 Å². The molecule has 1 aromatic rings. The van der Waals surface area contributed by atoms with E-state index in [0.29, 0.717) is 0 Å². The van der Waals surface area contributed by atoms with Gasteiger partial charge in [-0.15, -0.1) is 6.42 Å². The zero-order valence-corrected chi connectivity index (χ0v) is 9.82. The number of rotatable bonds is 2. The largest absolute Gasteiger partial charge is 0.500 e. The molecule has 20 heavy (non-hydrogen) atoms. The molecule has 0 aromatic heterocycles. The second-order valence-corrected chi connectivity index (χ2v) is 3.51. The number of nitrogens with zero attached hydrogens (tertiary/aromatic N) is 1. The Balaban J connectivity index is 2.94. The molecule has 102 valence electrons. The van der Waals surface area contributed by atoms with Crippen molar-refractivity contribution in [1.29, 1.82) is 5.26 Å². The van der Waals surface area contributed by atoms with Crippen molar-refractivity contribution in [2.75, 3.05) is 5.32 Å². The number of carbonyl (C=O) groups is 1. The summed E-state index contributed by atoms with van der Waals surface area (Å²) in [5.74, 6) is -0.147. The van der Waals surface area contributed by atoms with Gasteiger partial charge in [-0.25, -0.2) is 0 Å². The number of nitrogens with one attached hydrogen (secondary N) is 1. The van der Waals surface area contributed by atoms with E-state index in [0.717, 1.165) is 24.3 Å². The molecule has 1 aromatic carbocycles. The number of terminal acetylenes is 1. The normalized spacial score (nSPS) is 11.8. The maximum absolute atomic E-state index is 12.3. The number of aliphatic hydroxyl groups excluding tert-OH is 1. The number of anilines is 1. The van der Waals surface area contributed by atoms with Gasteiger partial charge >= 0.3 is 6.18 Å². The summed E-state index contributed by atoms with van der Waals surface area (Å²) < 4.78 is 37.0. The number of aliphatic hydroxyl groups is 1. The number of hydrogen-bond acceptors (Lipinski definition) is 3. The lowest BCUT2D eigenvalue weighted by molar-refractivity contribution is -0.137. The van der Waals surface area contributed by atoms with Gasteiger partial charge in [0, 0.05) is 5.69 Å². The predicted molar refractivity (Wildman–Crippen MR) is 64.2 cm³/mol. The van der Waals surface area contributed by atoms with Crippen molar-refractivity contribution in [2.24, 2.45) is 0 Å². The monoisotopic (exact) mass is 280 g/mol. The average molecular weight is 280 g/mol. The van der Waals surface area contributed by atoms with E-state index in [2.05, 4.69) is 5.32 Å². The minimum Gasteiger partial charge on any atom is -0.500 e. The molecular formula is C13H7F3N2O2. The van der Waals surface area contributed by atoms with Crippen LogP contribution in [0.15, 0.2) is 35.6 Å². The molecule has 0 saturated carbocycles. The summed E-state index contributed by atoms with van der Waals surface area (Å²) in [5, 5.41) is 19.9. The number of alkyl halides is 3. The van der Waals surface area contributed by atoms with E-state index in [1.165, 1.54) is 6.07 Å². The van der Waals surface area contributed by atoms with Gasteiger partial charge in [0.25, 0.3) is 5.91 Å². The smallest absolute Gasteiger partial charge is 0.416 e. The molecule has 0 aliphatic rings. The summed E-state index contributed by atoms with van der Waals surface area (Å²) in [4.78, 5) is 11.6. The molecule has 0 bridgehead atoms. The van der Waals surface area contributed by atoms with Gasteiger partial charge in [-0.05, 0) is 30.2 Å². The first-order chi connectivity index (χ1) is 9.29. The van der Waals surface area contributed by atoms with E-state index >= 15 is 0 Å². The van der Waals surface area contributed by atoms with Crippen LogP contribution in [0.3, 0.4) is 0 Å². The van der Waals surface area contributed by atoms with Crippen LogP contribution in [0.5, 0.6) is 0 Å². The molecule has 1 amide bonds. The molecule has 0 aliphatic heterocycles. The van der Waals surface area contributed by atoms with E-state index in [4.69, 9.17) is 16.8 Å². The molecule has 7 heteroatoms. The first-order valence-electron chi connectivity index (χ1n) is 5.08. The molecule has 0 unspecified atom stereocenters. The van der Waals surface area contributed by atoms with E-state index < -0.39 is 29.0 Å². The first-order valence-corrected chi connectivity index (χ1v) is 5.08. The van der Waals surface area contributed by atoms with Crippen molar-refractivity contribution < 1.29 is 23.1 Å². The van der Waals surface area contributed by atoms with Crippen molar-refractivity contribution >= 4 is 11.6 Å². The maximum atomic E-state index is 12.3. The van der Waals surface area contributed by atoms with Crippen LogP contribution in [0.1, 0.15) is 5.56 Å². The number of carbonyl (C=O) groups excluding carboxylic acids is 1. The van der Waals surface area contributed by atoms with Crippen molar-refractivity contribution in [3.63, 3.8) is 0 Å². The number of nitriles is 1. The van der Waals surface area contributed by atoms with E-state index in [-0.39, 0.29) is 5.69 Å². The molecule has 0 fully saturated rings. The number of halogens is 3. The standard InChI is InChI=1S/C13H7F3N2O2/c1-2-11(19)10(7-17)12(20)18-9-5-3-8(4-6-9)13(14,15)16/h1,3-6,19H,(H,18,20)/b11-10-. The van der Waals surface area contributed by atoms with Crippen LogP contribution in [-0.2, 0) is 11.0 Å². The highest BCUT2D eigenvalue weighted by atomic mass is 19.4. The Morgan fingerprint density at radius 2 is 1.85 bits per heavy atom. The second kappa shape index (κ2) is 5.81. The Morgan fingerprint density at radius 3 is 2.25 bits per heavy atom. The summed E-state index contributed by atoms with van der Waals surface area (Å²) in [6.07, 6.45) is 0.349. The molecule has 0 heterocycles. The zero-order chi connectivity index (χ0) is 15.3. The van der Waals surface area contributed by atoms with Crippen LogP contribution in [0, 0.1) is 23.7 Å². The predicted octanol–water partition coefficient (Wildman–Crippen LogP) is 2.61. The Morgan fingerprint density at radius 1 is 1.30 bits per heavy atom. The van der Waals surface area contributed by atoms with Crippen LogP contribution in [-0.4, -0.2) is 11.0 Å². The molecule has 0 aliphatic carbocycles. The lowest BCUT2D eigenvalue weighted by atomic mass is 10.2. The van der Waals surface area contributed by atoms with Gasteiger partial charge in [0.1, 0.15) is 6.07 Å². The molecule has 0 atom stereocenters. The Kier molecular flexibility index (Phi) is 4.39. The van der Waals surface area contributed by atoms with E-state index in [1.54, 1.807) is 5.92 Å². The zero-order valence-electron chi connectivity index (χ0n) is 9.82. The van der Waals surface area contributed by atoms with Gasteiger partial charge in [-0.1, -0.05) is 0 Å². The van der Waals surface area contributed by atoms with Crippen LogP contribution in [0.25, 0.3) is 0 Å². The van der Waals surface area contributed by atoms with Crippen LogP contribution < -0.4 is 5.32 Å². The summed E-state index contributed by atoms with van der Waals surface area (Å²) >= 11 is 0. The first kappa shape index (κ1) is 15.1. The third-order valence-electron chi connectivity index (χ3n) is 2.18. The van der Waals surface area contributed by atoms with Crippen LogP contribution in [0.4, 0.5) is 18.9 Å². The molecule has 0 saturated heterocycles. The van der Waals surface area contributed by atoms with Crippen molar-refractivity contribution in [3.05, 3.63) is 41.2 Å². The Bertz CT molecular complexity index is 632. The lowest BCUT2D eigenvalue weighted by Gasteiger charge is -2.08. The highest BCUT2D eigenvalue weighted by molar-refractivity contribution is 6.07. The summed E-state index contributed by atoms with van der Waals surface area (Å²) in [6.45, 7) is 0. The number of benzene rings is 1. The average Bonchev–Trinajstić information content (AvgIpc) is 2.38. The van der Waals surface area contributed by atoms with Gasteiger partial charge < -0.3 is 10.4 Å². The number of amides is 1. The third-order valence-corrected chi connectivity index (χ3v) is 2.18. The van der Waals surface area contributed by atoms with Gasteiger partial charge in [0.15, 0.2) is 11.3 Å². The number of allylic oxidation sites excluding steroid dienone is 1.